The first-order valence-electron chi connectivity index (χ1n) is 8.87. The minimum Gasteiger partial charge on any atom is -0.356 e. The van der Waals surface area contributed by atoms with Gasteiger partial charge in [-0.2, -0.15) is 0 Å². The van der Waals surface area contributed by atoms with Crippen LogP contribution in [0.15, 0.2) is 59.1 Å². The van der Waals surface area contributed by atoms with Gasteiger partial charge in [0.1, 0.15) is 0 Å². The van der Waals surface area contributed by atoms with Crippen molar-refractivity contribution < 1.29 is 4.52 Å². The predicted octanol–water partition coefficient (Wildman–Crippen LogP) is 6.03. The van der Waals surface area contributed by atoms with Gasteiger partial charge >= 0.3 is 0 Å². The van der Waals surface area contributed by atoms with Crippen molar-refractivity contribution in [2.24, 2.45) is 0 Å². The van der Waals surface area contributed by atoms with Crippen molar-refractivity contribution >= 4 is 23.2 Å². The van der Waals surface area contributed by atoms with Crippen molar-refractivity contribution in [1.29, 1.82) is 0 Å². The monoisotopic (exact) mass is 386 g/mol. The summed E-state index contributed by atoms with van der Waals surface area (Å²) in [5, 5.41) is 5.83. The molecule has 5 heteroatoms. The number of benzene rings is 2. The second-order valence-corrected chi connectivity index (χ2v) is 7.67. The Bertz CT molecular complexity index is 850. The van der Waals surface area contributed by atoms with Crippen LogP contribution in [0.25, 0.3) is 11.3 Å². The number of likely N-dealkylation sites (tertiary alicyclic amines) is 1. The zero-order valence-corrected chi connectivity index (χ0v) is 15.9. The third-order valence-corrected chi connectivity index (χ3v) is 5.49. The molecule has 26 heavy (non-hydrogen) atoms. The normalized spacial score (nSPS) is 16.1. The fourth-order valence-corrected chi connectivity index (χ4v) is 3.72. The van der Waals surface area contributed by atoms with Gasteiger partial charge in [0.25, 0.3) is 0 Å². The number of rotatable bonds is 4. The lowest BCUT2D eigenvalue weighted by Gasteiger charge is -2.31. The molecule has 0 atom stereocenters. The summed E-state index contributed by atoms with van der Waals surface area (Å²) in [5.41, 5.74) is 3.37. The second-order valence-electron chi connectivity index (χ2n) is 6.80. The zero-order chi connectivity index (χ0) is 17.9. The van der Waals surface area contributed by atoms with Crippen LogP contribution < -0.4 is 0 Å². The summed E-state index contributed by atoms with van der Waals surface area (Å²) in [6.07, 6.45) is 2.19. The smallest absolute Gasteiger partial charge is 0.167 e. The van der Waals surface area contributed by atoms with Gasteiger partial charge < -0.3 is 4.52 Å². The molecule has 4 rings (SSSR count). The van der Waals surface area contributed by atoms with Crippen LogP contribution in [0.5, 0.6) is 0 Å². The molecule has 0 saturated carbocycles. The average molecular weight is 387 g/mol. The average Bonchev–Trinajstić information content (AvgIpc) is 3.15. The topological polar surface area (TPSA) is 29.3 Å². The Labute approximate surface area is 163 Å². The summed E-state index contributed by atoms with van der Waals surface area (Å²) in [5.74, 6) is 1.27. The van der Waals surface area contributed by atoms with E-state index in [-0.39, 0.29) is 0 Å². The van der Waals surface area contributed by atoms with Crippen LogP contribution in [0, 0.1) is 0 Å². The Balaban J connectivity index is 1.36. The van der Waals surface area contributed by atoms with Crippen molar-refractivity contribution in [2.45, 2.75) is 25.3 Å². The van der Waals surface area contributed by atoms with Gasteiger partial charge in [0.2, 0.25) is 0 Å². The summed E-state index contributed by atoms with van der Waals surface area (Å²) in [4.78, 5) is 2.49. The van der Waals surface area contributed by atoms with E-state index in [4.69, 9.17) is 27.7 Å². The van der Waals surface area contributed by atoms with E-state index in [0.717, 1.165) is 59.5 Å². The van der Waals surface area contributed by atoms with Gasteiger partial charge in [-0.3, -0.25) is 4.90 Å². The molecular formula is C21H20Cl2N2O. The van der Waals surface area contributed by atoms with Crippen LogP contribution in [0.1, 0.15) is 30.0 Å². The van der Waals surface area contributed by atoms with Crippen molar-refractivity contribution in [3.63, 3.8) is 0 Å². The van der Waals surface area contributed by atoms with E-state index in [9.17, 15) is 0 Å². The first kappa shape index (κ1) is 17.6. The van der Waals surface area contributed by atoms with E-state index in [1.165, 1.54) is 5.56 Å². The molecule has 0 N–H and O–H groups in total. The van der Waals surface area contributed by atoms with E-state index >= 15 is 0 Å². The molecule has 0 bridgehead atoms. The number of nitrogens with zero attached hydrogens (tertiary/aromatic N) is 2. The first-order chi connectivity index (χ1) is 12.7. The van der Waals surface area contributed by atoms with Crippen molar-refractivity contribution in [3.05, 3.63) is 75.9 Å². The molecule has 134 valence electrons. The second kappa shape index (κ2) is 7.83. The SMILES string of the molecule is Clc1ccc(CN2CCC(c3cc(-c4ccc(Cl)cc4)on3)CC2)cc1. The molecule has 2 aromatic carbocycles. The number of piperidine rings is 1. The highest BCUT2D eigenvalue weighted by molar-refractivity contribution is 6.30. The largest absolute Gasteiger partial charge is 0.356 e. The van der Waals surface area contributed by atoms with E-state index in [1.807, 2.05) is 36.4 Å². The lowest BCUT2D eigenvalue weighted by Crippen LogP contribution is -2.32. The molecule has 0 unspecified atom stereocenters. The van der Waals surface area contributed by atoms with E-state index in [1.54, 1.807) is 0 Å². The summed E-state index contributed by atoms with van der Waals surface area (Å²) in [7, 11) is 0. The lowest BCUT2D eigenvalue weighted by molar-refractivity contribution is 0.201. The Morgan fingerprint density at radius 3 is 2.19 bits per heavy atom. The molecule has 0 amide bonds. The number of halogens is 2. The maximum atomic E-state index is 5.96. The molecule has 0 radical (unpaired) electrons. The quantitative estimate of drug-likeness (QED) is 0.548. The van der Waals surface area contributed by atoms with E-state index in [2.05, 4.69) is 28.3 Å². The molecule has 0 aliphatic carbocycles. The van der Waals surface area contributed by atoms with Gasteiger partial charge in [0.15, 0.2) is 5.76 Å². The Kier molecular flexibility index (Phi) is 5.30. The van der Waals surface area contributed by atoms with Gasteiger partial charge in [0, 0.05) is 34.1 Å². The van der Waals surface area contributed by atoms with Crippen LogP contribution in [0.4, 0.5) is 0 Å². The number of hydrogen-bond acceptors (Lipinski definition) is 3. The number of aromatic nitrogens is 1. The Hall–Kier alpha value is -1.81. The van der Waals surface area contributed by atoms with Crippen molar-refractivity contribution in [3.8, 4) is 11.3 Å². The Morgan fingerprint density at radius 1 is 0.923 bits per heavy atom. The van der Waals surface area contributed by atoms with Crippen LogP contribution >= 0.6 is 23.2 Å². The Morgan fingerprint density at radius 2 is 1.54 bits per heavy atom. The van der Waals surface area contributed by atoms with Gasteiger partial charge in [-0.15, -0.1) is 0 Å². The van der Waals surface area contributed by atoms with E-state index in [0.29, 0.717) is 5.92 Å². The fourth-order valence-electron chi connectivity index (χ4n) is 3.47. The third-order valence-electron chi connectivity index (χ3n) is 4.98. The highest BCUT2D eigenvalue weighted by Crippen LogP contribution is 2.31. The molecule has 1 saturated heterocycles. The molecule has 2 heterocycles. The van der Waals surface area contributed by atoms with Crippen molar-refractivity contribution in [1.82, 2.24) is 10.1 Å². The molecule has 1 aromatic heterocycles. The van der Waals surface area contributed by atoms with Crippen LogP contribution in [-0.4, -0.2) is 23.1 Å². The maximum absolute atomic E-state index is 5.96. The number of hydrogen-bond donors (Lipinski definition) is 0. The molecule has 0 spiro atoms. The molecule has 3 aromatic rings. The first-order valence-corrected chi connectivity index (χ1v) is 9.62. The summed E-state index contributed by atoms with van der Waals surface area (Å²) >= 11 is 11.9. The standard InChI is InChI=1S/C21H20Cl2N2O/c22-18-5-1-15(2-6-18)14-25-11-9-16(10-12-25)20-13-21(26-24-20)17-3-7-19(23)8-4-17/h1-8,13,16H,9-12,14H2. The van der Waals surface area contributed by atoms with Gasteiger partial charge in [-0.25, -0.2) is 0 Å². The minimum atomic E-state index is 0.460. The predicted molar refractivity (Wildman–Crippen MR) is 106 cm³/mol. The molecule has 3 nitrogen and oxygen atoms in total. The molecule has 1 aliphatic rings. The van der Waals surface area contributed by atoms with E-state index < -0.39 is 0 Å². The van der Waals surface area contributed by atoms with Gasteiger partial charge in [0.05, 0.1) is 5.69 Å². The van der Waals surface area contributed by atoms with Crippen molar-refractivity contribution in [2.75, 3.05) is 13.1 Å². The van der Waals surface area contributed by atoms with Crippen LogP contribution in [-0.2, 0) is 6.54 Å². The zero-order valence-electron chi connectivity index (χ0n) is 14.4. The molecular weight excluding hydrogens is 367 g/mol. The highest BCUT2D eigenvalue weighted by Gasteiger charge is 2.23. The summed E-state index contributed by atoms with van der Waals surface area (Å²) in [6, 6.07) is 17.8. The van der Waals surface area contributed by atoms with Gasteiger partial charge in [-0.05, 0) is 67.9 Å². The lowest BCUT2D eigenvalue weighted by atomic mass is 9.93. The molecule has 1 fully saturated rings. The highest BCUT2D eigenvalue weighted by atomic mass is 35.5. The minimum absolute atomic E-state index is 0.460. The van der Waals surface area contributed by atoms with Gasteiger partial charge in [-0.1, -0.05) is 40.5 Å². The maximum Gasteiger partial charge on any atom is 0.167 e. The van der Waals surface area contributed by atoms with Crippen LogP contribution in [0.3, 0.4) is 0 Å². The molecule has 1 aliphatic heterocycles. The van der Waals surface area contributed by atoms with Crippen LogP contribution in [0.2, 0.25) is 10.0 Å². The fraction of sp³-hybridized carbons (Fsp3) is 0.286. The summed E-state index contributed by atoms with van der Waals surface area (Å²) < 4.78 is 5.56. The summed E-state index contributed by atoms with van der Waals surface area (Å²) in [6.45, 7) is 3.10. The third kappa shape index (κ3) is 4.12.